The number of halogens is 1. The molecule has 0 atom stereocenters. The van der Waals surface area contributed by atoms with Crippen LogP contribution in [0.5, 0.6) is 0 Å². The lowest BCUT2D eigenvalue weighted by atomic mass is 9.99. The highest BCUT2D eigenvalue weighted by atomic mass is 19.1. The zero-order valence-corrected chi connectivity index (χ0v) is 11.3. The van der Waals surface area contributed by atoms with Crippen molar-refractivity contribution in [3.63, 3.8) is 0 Å². The van der Waals surface area contributed by atoms with Gasteiger partial charge in [-0.15, -0.1) is 5.10 Å². The van der Waals surface area contributed by atoms with Crippen molar-refractivity contribution in [3.8, 4) is 0 Å². The van der Waals surface area contributed by atoms with E-state index in [1.165, 1.54) is 27.9 Å². The van der Waals surface area contributed by atoms with E-state index in [0.717, 1.165) is 25.2 Å². The van der Waals surface area contributed by atoms with Crippen LogP contribution in [0.3, 0.4) is 0 Å². The van der Waals surface area contributed by atoms with E-state index in [1.54, 1.807) is 6.07 Å². The maximum atomic E-state index is 13.2. The van der Waals surface area contributed by atoms with E-state index in [-0.39, 0.29) is 5.82 Å². The van der Waals surface area contributed by atoms with Crippen LogP contribution in [0.4, 0.5) is 16.0 Å². The van der Waals surface area contributed by atoms with Crippen LogP contribution < -0.4 is 10.6 Å². The maximum Gasteiger partial charge on any atom is 0.247 e. The molecule has 0 saturated carbocycles. The molecule has 3 heterocycles. The van der Waals surface area contributed by atoms with Crippen molar-refractivity contribution in [1.82, 2.24) is 19.9 Å². The van der Waals surface area contributed by atoms with Crippen LogP contribution in [0.1, 0.15) is 11.1 Å². The minimum absolute atomic E-state index is 0.331. The molecule has 0 radical (unpaired) electrons. The standard InChI is InChI=1S/C15H14FN5/c16-11-4-5-14-19-15(20-21(14)9-11)18-13-3-1-2-10-8-17-7-6-12(10)13/h1-5,9,17H,6-8H2,(H,18,20). The summed E-state index contributed by atoms with van der Waals surface area (Å²) in [5, 5.41) is 10.9. The van der Waals surface area contributed by atoms with E-state index in [2.05, 4.69) is 26.8 Å². The van der Waals surface area contributed by atoms with E-state index in [0.29, 0.717) is 11.6 Å². The van der Waals surface area contributed by atoms with Gasteiger partial charge in [-0.1, -0.05) is 12.1 Å². The predicted octanol–water partition coefficient (Wildman–Crippen LogP) is 2.26. The van der Waals surface area contributed by atoms with Gasteiger partial charge in [0.05, 0.1) is 6.20 Å². The molecule has 1 aliphatic rings. The van der Waals surface area contributed by atoms with Crippen LogP contribution in [-0.2, 0) is 13.0 Å². The molecule has 0 spiro atoms. The van der Waals surface area contributed by atoms with Crippen molar-refractivity contribution in [2.75, 3.05) is 11.9 Å². The van der Waals surface area contributed by atoms with Crippen LogP contribution in [-0.4, -0.2) is 21.1 Å². The normalized spacial score (nSPS) is 14.1. The Morgan fingerprint density at radius 1 is 1.24 bits per heavy atom. The second-order valence-corrected chi connectivity index (χ2v) is 5.08. The molecule has 0 aliphatic carbocycles. The molecule has 1 aliphatic heterocycles. The molecule has 3 aromatic rings. The Kier molecular flexibility index (Phi) is 2.82. The largest absolute Gasteiger partial charge is 0.323 e. The molecule has 1 aromatic carbocycles. The Morgan fingerprint density at radius 3 is 3.14 bits per heavy atom. The number of fused-ring (bicyclic) bond motifs is 2. The van der Waals surface area contributed by atoms with E-state index in [4.69, 9.17) is 0 Å². The summed E-state index contributed by atoms with van der Waals surface area (Å²) in [4.78, 5) is 4.36. The van der Waals surface area contributed by atoms with Crippen LogP contribution in [0, 0.1) is 5.82 Å². The molecule has 0 saturated heterocycles. The average molecular weight is 283 g/mol. The van der Waals surface area contributed by atoms with Gasteiger partial charge in [-0.05, 0) is 42.3 Å². The third kappa shape index (κ3) is 2.23. The summed E-state index contributed by atoms with van der Waals surface area (Å²) in [5.41, 5.74) is 4.22. The number of anilines is 2. The highest BCUT2D eigenvalue weighted by molar-refractivity contribution is 5.62. The fraction of sp³-hybridized carbons (Fsp3) is 0.200. The van der Waals surface area contributed by atoms with Gasteiger partial charge in [0.25, 0.3) is 0 Å². The van der Waals surface area contributed by atoms with Crippen molar-refractivity contribution in [1.29, 1.82) is 0 Å². The third-order valence-electron chi connectivity index (χ3n) is 3.68. The Hall–Kier alpha value is -2.47. The molecule has 5 nitrogen and oxygen atoms in total. The number of rotatable bonds is 2. The Labute approximate surface area is 120 Å². The Balaban J connectivity index is 1.71. The van der Waals surface area contributed by atoms with Gasteiger partial charge in [0.15, 0.2) is 5.65 Å². The molecule has 0 bridgehead atoms. The first kappa shape index (κ1) is 12.3. The van der Waals surface area contributed by atoms with Gasteiger partial charge in [0.1, 0.15) is 5.82 Å². The maximum absolute atomic E-state index is 13.2. The SMILES string of the molecule is Fc1ccc2nc(Nc3cccc4c3CCNC4)nn2c1. The van der Waals surface area contributed by atoms with Crippen LogP contribution in [0.2, 0.25) is 0 Å². The van der Waals surface area contributed by atoms with E-state index < -0.39 is 0 Å². The first-order valence-electron chi connectivity index (χ1n) is 6.90. The molecule has 0 amide bonds. The van der Waals surface area contributed by atoms with E-state index in [1.807, 2.05) is 12.1 Å². The summed E-state index contributed by atoms with van der Waals surface area (Å²) in [6.45, 7) is 1.85. The lowest BCUT2D eigenvalue weighted by Crippen LogP contribution is -2.24. The van der Waals surface area contributed by atoms with Crippen molar-refractivity contribution in [2.24, 2.45) is 0 Å². The van der Waals surface area contributed by atoms with Gasteiger partial charge in [-0.3, -0.25) is 0 Å². The van der Waals surface area contributed by atoms with Gasteiger partial charge < -0.3 is 10.6 Å². The number of benzene rings is 1. The summed E-state index contributed by atoms with van der Waals surface area (Å²) < 4.78 is 14.6. The van der Waals surface area contributed by atoms with Crippen LogP contribution in [0.25, 0.3) is 5.65 Å². The molecule has 0 fully saturated rings. The topological polar surface area (TPSA) is 54.2 Å². The second kappa shape index (κ2) is 4.82. The van der Waals surface area contributed by atoms with Gasteiger partial charge in [0, 0.05) is 12.2 Å². The fourth-order valence-corrected chi connectivity index (χ4v) is 2.68. The van der Waals surface area contributed by atoms with E-state index >= 15 is 0 Å². The summed E-state index contributed by atoms with van der Waals surface area (Å²) in [6.07, 6.45) is 2.29. The third-order valence-corrected chi connectivity index (χ3v) is 3.68. The number of hydrogen-bond donors (Lipinski definition) is 2. The fourth-order valence-electron chi connectivity index (χ4n) is 2.68. The van der Waals surface area contributed by atoms with Gasteiger partial charge >= 0.3 is 0 Å². The van der Waals surface area contributed by atoms with Crippen LogP contribution >= 0.6 is 0 Å². The first-order chi connectivity index (χ1) is 10.3. The highest BCUT2D eigenvalue weighted by Crippen LogP contribution is 2.25. The van der Waals surface area contributed by atoms with Crippen molar-refractivity contribution < 1.29 is 4.39 Å². The number of pyridine rings is 1. The number of nitrogens with one attached hydrogen (secondary N) is 2. The number of nitrogens with zero attached hydrogens (tertiary/aromatic N) is 3. The summed E-state index contributed by atoms with van der Waals surface area (Å²) in [7, 11) is 0. The zero-order chi connectivity index (χ0) is 14.2. The average Bonchev–Trinajstić information content (AvgIpc) is 2.89. The molecule has 4 rings (SSSR count). The quantitative estimate of drug-likeness (QED) is 0.757. The zero-order valence-electron chi connectivity index (χ0n) is 11.3. The second-order valence-electron chi connectivity index (χ2n) is 5.08. The minimum atomic E-state index is -0.331. The molecule has 6 heteroatoms. The molecular weight excluding hydrogens is 269 g/mol. The van der Waals surface area contributed by atoms with Crippen molar-refractivity contribution in [3.05, 3.63) is 53.5 Å². The number of hydrogen-bond acceptors (Lipinski definition) is 4. The van der Waals surface area contributed by atoms with Crippen molar-refractivity contribution in [2.45, 2.75) is 13.0 Å². The monoisotopic (exact) mass is 283 g/mol. The van der Waals surface area contributed by atoms with Gasteiger partial charge in [-0.2, -0.15) is 4.98 Å². The molecular formula is C15H14FN5. The lowest BCUT2D eigenvalue weighted by molar-refractivity contribution is 0.615. The smallest absolute Gasteiger partial charge is 0.247 e. The summed E-state index contributed by atoms with van der Waals surface area (Å²) in [5.74, 6) is 0.148. The number of aromatic nitrogens is 3. The molecule has 0 unspecified atom stereocenters. The highest BCUT2D eigenvalue weighted by Gasteiger charge is 2.13. The van der Waals surface area contributed by atoms with Gasteiger partial charge in [0.2, 0.25) is 5.95 Å². The van der Waals surface area contributed by atoms with E-state index in [9.17, 15) is 4.39 Å². The molecule has 2 N–H and O–H groups in total. The summed E-state index contributed by atoms with van der Waals surface area (Å²) in [6, 6.07) is 9.15. The Morgan fingerprint density at radius 2 is 2.19 bits per heavy atom. The van der Waals surface area contributed by atoms with Crippen molar-refractivity contribution >= 4 is 17.3 Å². The lowest BCUT2D eigenvalue weighted by Gasteiger charge is -2.20. The first-order valence-corrected chi connectivity index (χ1v) is 6.90. The van der Waals surface area contributed by atoms with Crippen LogP contribution in [0.15, 0.2) is 36.5 Å². The molecule has 2 aromatic heterocycles. The minimum Gasteiger partial charge on any atom is -0.323 e. The Bertz CT molecular complexity index is 811. The predicted molar refractivity (Wildman–Crippen MR) is 78.1 cm³/mol. The summed E-state index contributed by atoms with van der Waals surface area (Å²) >= 11 is 0. The van der Waals surface area contributed by atoms with Gasteiger partial charge in [-0.25, -0.2) is 8.91 Å². The molecule has 21 heavy (non-hydrogen) atoms. The molecule has 106 valence electrons.